The smallest absolute Gasteiger partial charge is 0.374 e. The summed E-state index contributed by atoms with van der Waals surface area (Å²) in [5.74, 6) is -0.193. The molecule has 1 aromatic carbocycles. The molecule has 0 aliphatic heterocycles. The van der Waals surface area contributed by atoms with Crippen LogP contribution in [0.3, 0.4) is 0 Å². The van der Waals surface area contributed by atoms with Crippen molar-refractivity contribution in [3.8, 4) is 5.75 Å². The highest BCUT2D eigenvalue weighted by atomic mass is 16.5. The van der Waals surface area contributed by atoms with Crippen molar-refractivity contribution in [2.75, 3.05) is 20.7 Å². The van der Waals surface area contributed by atoms with Gasteiger partial charge in [0.2, 0.25) is 5.76 Å². The van der Waals surface area contributed by atoms with Gasteiger partial charge in [0.25, 0.3) is 0 Å². The lowest BCUT2D eigenvalue weighted by Crippen LogP contribution is -2.10. The monoisotopic (exact) mass is 277 g/mol. The minimum Gasteiger partial charge on any atom is -0.507 e. The lowest BCUT2D eigenvalue weighted by molar-refractivity contribution is 0.0491. The predicted molar refractivity (Wildman–Crippen MR) is 76.0 cm³/mol. The number of hydrogen-bond donors (Lipinski definition) is 1. The van der Waals surface area contributed by atoms with Crippen LogP contribution < -0.4 is 0 Å². The third kappa shape index (κ3) is 2.49. The highest BCUT2D eigenvalue weighted by Gasteiger charge is 2.22. The van der Waals surface area contributed by atoms with Crippen LogP contribution in [0.4, 0.5) is 0 Å². The Morgan fingerprint density at radius 1 is 1.40 bits per heavy atom. The van der Waals surface area contributed by atoms with E-state index in [2.05, 4.69) is 0 Å². The number of nitrogens with zero attached hydrogens (tertiary/aromatic N) is 1. The van der Waals surface area contributed by atoms with Gasteiger partial charge >= 0.3 is 5.97 Å². The van der Waals surface area contributed by atoms with Crippen LogP contribution in [-0.2, 0) is 11.3 Å². The van der Waals surface area contributed by atoms with Crippen molar-refractivity contribution in [2.45, 2.75) is 20.4 Å². The van der Waals surface area contributed by atoms with Crippen molar-refractivity contribution in [1.29, 1.82) is 0 Å². The molecule has 2 aromatic rings. The molecule has 0 spiro atoms. The predicted octanol–water partition coefficient (Wildman–Crippen LogP) is 2.69. The van der Waals surface area contributed by atoms with Crippen molar-refractivity contribution in [3.05, 3.63) is 29.0 Å². The van der Waals surface area contributed by atoms with Gasteiger partial charge in [0, 0.05) is 17.7 Å². The third-order valence-corrected chi connectivity index (χ3v) is 3.10. The second-order valence-corrected chi connectivity index (χ2v) is 4.96. The number of esters is 1. The molecule has 0 aliphatic carbocycles. The van der Waals surface area contributed by atoms with Crippen molar-refractivity contribution in [3.63, 3.8) is 0 Å². The van der Waals surface area contributed by atoms with Gasteiger partial charge in [-0.05, 0) is 34.0 Å². The molecule has 1 N–H and O–H groups in total. The van der Waals surface area contributed by atoms with E-state index in [0.717, 1.165) is 5.56 Å². The van der Waals surface area contributed by atoms with Crippen LogP contribution in [-0.4, -0.2) is 36.7 Å². The minimum absolute atomic E-state index is 0.152. The Morgan fingerprint density at radius 2 is 2.10 bits per heavy atom. The Hall–Kier alpha value is -2.01. The number of furan rings is 1. The number of aryl methyl sites for hydroxylation is 1. The molecule has 0 radical (unpaired) electrons. The number of phenols is 1. The molecule has 1 heterocycles. The molecular formula is C15H19NO4. The molecule has 0 fully saturated rings. The second-order valence-electron chi connectivity index (χ2n) is 4.96. The van der Waals surface area contributed by atoms with E-state index in [1.807, 2.05) is 19.0 Å². The van der Waals surface area contributed by atoms with Gasteiger partial charge in [0.1, 0.15) is 11.3 Å². The van der Waals surface area contributed by atoms with Gasteiger partial charge in [-0.25, -0.2) is 4.79 Å². The number of ether oxygens (including phenoxy) is 1. The van der Waals surface area contributed by atoms with Crippen LogP contribution >= 0.6 is 0 Å². The molecule has 0 bridgehead atoms. The van der Waals surface area contributed by atoms with E-state index in [9.17, 15) is 9.90 Å². The molecule has 20 heavy (non-hydrogen) atoms. The van der Waals surface area contributed by atoms with Crippen LogP contribution in [0.15, 0.2) is 16.5 Å². The van der Waals surface area contributed by atoms with Gasteiger partial charge in [0.05, 0.1) is 12.0 Å². The zero-order valence-corrected chi connectivity index (χ0v) is 12.2. The van der Waals surface area contributed by atoms with Crippen LogP contribution in [0, 0.1) is 6.92 Å². The Bertz CT molecular complexity index is 643. The molecule has 0 atom stereocenters. The largest absolute Gasteiger partial charge is 0.507 e. The van der Waals surface area contributed by atoms with Gasteiger partial charge in [-0.3, -0.25) is 0 Å². The van der Waals surface area contributed by atoms with Crippen LogP contribution in [0.2, 0.25) is 0 Å². The fourth-order valence-electron chi connectivity index (χ4n) is 2.22. The van der Waals surface area contributed by atoms with Crippen LogP contribution in [0.25, 0.3) is 11.0 Å². The quantitative estimate of drug-likeness (QED) is 0.870. The summed E-state index contributed by atoms with van der Waals surface area (Å²) >= 11 is 0. The number of carbonyl (C=O) groups excluding carboxylic acids is 1. The number of phenolic OH excluding ortho intramolecular Hbond substituents is 1. The third-order valence-electron chi connectivity index (χ3n) is 3.10. The van der Waals surface area contributed by atoms with E-state index in [1.165, 1.54) is 0 Å². The summed E-state index contributed by atoms with van der Waals surface area (Å²) in [4.78, 5) is 13.8. The summed E-state index contributed by atoms with van der Waals surface area (Å²) in [6.45, 7) is 4.38. The van der Waals surface area contributed by atoms with Crippen molar-refractivity contribution in [1.82, 2.24) is 4.90 Å². The summed E-state index contributed by atoms with van der Waals surface area (Å²) < 4.78 is 10.5. The SMILES string of the molecule is CCOC(=O)c1oc2ccc(CN(C)C)c(O)c2c1C. The first-order valence-electron chi connectivity index (χ1n) is 6.51. The highest BCUT2D eigenvalue weighted by Crippen LogP contribution is 2.35. The Labute approximate surface area is 117 Å². The average Bonchev–Trinajstić information content (AvgIpc) is 2.71. The van der Waals surface area contributed by atoms with Gasteiger partial charge in [-0.2, -0.15) is 0 Å². The van der Waals surface area contributed by atoms with Crippen LogP contribution in [0.1, 0.15) is 28.6 Å². The summed E-state index contributed by atoms with van der Waals surface area (Å²) in [5, 5.41) is 10.9. The van der Waals surface area contributed by atoms with Gasteiger partial charge in [-0.15, -0.1) is 0 Å². The second kappa shape index (κ2) is 5.54. The number of carbonyl (C=O) groups is 1. The maximum Gasteiger partial charge on any atom is 0.374 e. The standard InChI is InChI=1S/C15H19NO4/c1-5-19-15(18)14-9(2)12-11(20-14)7-6-10(13(12)17)8-16(3)4/h6-7,17H,5,8H2,1-4H3. The number of aromatic hydroxyl groups is 1. The zero-order chi connectivity index (χ0) is 14.9. The number of hydrogen-bond acceptors (Lipinski definition) is 5. The first-order chi connectivity index (χ1) is 9.45. The minimum atomic E-state index is -0.505. The molecular weight excluding hydrogens is 258 g/mol. The topological polar surface area (TPSA) is 62.9 Å². The number of benzene rings is 1. The molecule has 5 heteroatoms. The molecule has 2 rings (SSSR count). The lowest BCUT2D eigenvalue weighted by Gasteiger charge is -2.11. The maximum absolute atomic E-state index is 11.8. The summed E-state index contributed by atoms with van der Waals surface area (Å²) in [5.41, 5.74) is 1.89. The first kappa shape index (κ1) is 14.4. The van der Waals surface area contributed by atoms with E-state index in [4.69, 9.17) is 9.15 Å². The van der Waals surface area contributed by atoms with Crippen LogP contribution in [0.5, 0.6) is 5.75 Å². The lowest BCUT2D eigenvalue weighted by atomic mass is 10.1. The van der Waals surface area contributed by atoms with E-state index >= 15 is 0 Å². The molecule has 108 valence electrons. The molecule has 0 aliphatic rings. The summed E-state index contributed by atoms with van der Waals surface area (Å²) in [6.07, 6.45) is 0. The molecule has 0 saturated heterocycles. The van der Waals surface area contributed by atoms with Gasteiger partial charge in [-0.1, -0.05) is 6.07 Å². The summed E-state index contributed by atoms with van der Waals surface area (Å²) in [7, 11) is 3.85. The van der Waals surface area contributed by atoms with E-state index in [1.54, 1.807) is 26.0 Å². The Kier molecular flexibility index (Phi) is 3.99. The zero-order valence-electron chi connectivity index (χ0n) is 12.2. The van der Waals surface area contributed by atoms with E-state index < -0.39 is 5.97 Å². The fraction of sp³-hybridized carbons (Fsp3) is 0.400. The van der Waals surface area contributed by atoms with Crippen molar-refractivity contribution in [2.24, 2.45) is 0 Å². The highest BCUT2D eigenvalue weighted by molar-refractivity contribution is 5.98. The van der Waals surface area contributed by atoms with E-state index in [0.29, 0.717) is 23.1 Å². The van der Waals surface area contributed by atoms with Crippen molar-refractivity contribution < 1.29 is 19.1 Å². The Morgan fingerprint density at radius 3 is 2.70 bits per heavy atom. The first-order valence-corrected chi connectivity index (χ1v) is 6.51. The number of rotatable bonds is 4. The molecule has 0 saturated carbocycles. The maximum atomic E-state index is 11.8. The molecule has 1 aromatic heterocycles. The molecule has 0 unspecified atom stereocenters. The van der Waals surface area contributed by atoms with E-state index in [-0.39, 0.29) is 18.1 Å². The number of fused-ring (bicyclic) bond motifs is 1. The fourth-order valence-corrected chi connectivity index (χ4v) is 2.22. The summed E-state index contributed by atoms with van der Waals surface area (Å²) in [6, 6.07) is 3.57. The van der Waals surface area contributed by atoms with Crippen molar-refractivity contribution >= 4 is 16.9 Å². The Balaban J connectivity index is 2.55. The van der Waals surface area contributed by atoms with Gasteiger partial charge in [0.15, 0.2) is 0 Å². The molecule has 5 nitrogen and oxygen atoms in total. The normalized spacial score (nSPS) is 11.2. The van der Waals surface area contributed by atoms with Gasteiger partial charge < -0.3 is 19.2 Å². The molecule has 0 amide bonds. The average molecular weight is 277 g/mol.